The van der Waals surface area contributed by atoms with Crippen LogP contribution in [-0.2, 0) is 19.6 Å². The van der Waals surface area contributed by atoms with Gasteiger partial charge in [0.15, 0.2) is 0 Å². The number of hydrogen-bond donors (Lipinski definition) is 1. The Morgan fingerprint density at radius 3 is 2.32 bits per heavy atom. The van der Waals surface area contributed by atoms with E-state index in [1.807, 2.05) is 0 Å². The molecule has 0 amide bonds. The largest absolute Gasteiger partial charge is 0.378 e. The number of carbonyl (C=O) groups is 1. The van der Waals surface area contributed by atoms with E-state index < -0.39 is 10.1 Å². The maximum Gasteiger partial charge on any atom is 0.264 e. The number of Topliss-reactive ketones (excluding diaryl/α,β-unsaturated/α-hetero) is 1. The first-order chi connectivity index (χ1) is 13.2. The van der Waals surface area contributed by atoms with Crippen molar-refractivity contribution in [3.8, 4) is 0 Å². The summed E-state index contributed by atoms with van der Waals surface area (Å²) in [5.41, 5.74) is 0.672. The zero-order valence-corrected chi connectivity index (χ0v) is 18.0. The van der Waals surface area contributed by atoms with E-state index in [1.165, 1.54) is 38.5 Å². The average molecular weight is 413 g/mol. The number of ketones is 1. The lowest BCUT2D eigenvalue weighted by Gasteiger charge is -2.62. The van der Waals surface area contributed by atoms with Crippen LogP contribution in [0, 0.1) is 28.6 Å². The number of carbonyl (C=O) groups excluding carboxylic acids is 1. The lowest BCUT2D eigenvalue weighted by molar-refractivity contribution is -0.151. The highest BCUT2D eigenvalue weighted by molar-refractivity contribution is 7.85. The van der Waals surface area contributed by atoms with Crippen molar-refractivity contribution >= 4 is 15.9 Å². The molecule has 4 bridgehead atoms. The summed E-state index contributed by atoms with van der Waals surface area (Å²) < 4.78 is 37.4. The molecule has 0 saturated heterocycles. The zero-order valence-electron chi connectivity index (χ0n) is 17.2. The van der Waals surface area contributed by atoms with Crippen molar-refractivity contribution in [2.75, 3.05) is 12.4 Å². The second-order valence-electron chi connectivity index (χ2n) is 10.8. The first kappa shape index (κ1) is 20.8. The molecule has 0 heterocycles. The molecule has 6 heteroatoms. The van der Waals surface area contributed by atoms with Gasteiger partial charge in [-0.3, -0.25) is 9.35 Å². The SMILES string of the molecule is CC(=O)C1CCC(OCC23CC4CC(CC(CCCCS(=O)(=O)O)(C4)C2)C3)C1. The molecule has 0 aromatic carbocycles. The highest BCUT2D eigenvalue weighted by Gasteiger charge is 2.57. The minimum atomic E-state index is -3.84. The maximum atomic E-state index is 11.6. The van der Waals surface area contributed by atoms with E-state index in [9.17, 15) is 13.2 Å². The van der Waals surface area contributed by atoms with Gasteiger partial charge >= 0.3 is 0 Å². The van der Waals surface area contributed by atoms with Crippen molar-refractivity contribution in [3.05, 3.63) is 0 Å². The van der Waals surface area contributed by atoms with Gasteiger partial charge in [0.25, 0.3) is 10.1 Å². The van der Waals surface area contributed by atoms with Gasteiger partial charge in [0.1, 0.15) is 5.78 Å². The van der Waals surface area contributed by atoms with Crippen molar-refractivity contribution < 1.29 is 22.5 Å². The van der Waals surface area contributed by atoms with Crippen molar-refractivity contribution in [1.82, 2.24) is 0 Å². The van der Waals surface area contributed by atoms with Gasteiger partial charge in [-0.25, -0.2) is 0 Å². The average Bonchev–Trinajstić information content (AvgIpc) is 3.05. The summed E-state index contributed by atoms with van der Waals surface area (Å²) in [5.74, 6) is 2.02. The van der Waals surface area contributed by atoms with Crippen LogP contribution in [-0.4, -0.2) is 37.2 Å². The van der Waals surface area contributed by atoms with Gasteiger partial charge in [0, 0.05) is 5.92 Å². The molecule has 0 spiro atoms. The fourth-order valence-electron chi connectivity index (χ4n) is 7.65. The quantitative estimate of drug-likeness (QED) is 0.448. The minimum absolute atomic E-state index is 0.108. The summed E-state index contributed by atoms with van der Waals surface area (Å²) in [6.07, 6.45) is 13.5. The molecule has 5 aliphatic rings. The molecule has 5 aliphatic carbocycles. The van der Waals surface area contributed by atoms with E-state index in [1.54, 1.807) is 6.92 Å². The fraction of sp³-hybridized carbons (Fsp3) is 0.955. The summed E-state index contributed by atoms with van der Waals surface area (Å²) in [4.78, 5) is 11.6. The molecule has 28 heavy (non-hydrogen) atoms. The molecule has 5 rings (SSSR count). The normalized spacial score (nSPS) is 42.2. The highest BCUT2D eigenvalue weighted by Crippen LogP contribution is 2.66. The van der Waals surface area contributed by atoms with Crippen LogP contribution < -0.4 is 0 Å². The van der Waals surface area contributed by atoms with Crippen LogP contribution in [0.2, 0.25) is 0 Å². The molecule has 4 atom stereocenters. The molecule has 5 saturated carbocycles. The van der Waals surface area contributed by atoms with Crippen LogP contribution in [0.3, 0.4) is 0 Å². The molecule has 5 fully saturated rings. The third-order valence-electron chi connectivity index (χ3n) is 8.25. The van der Waals surface area contributed by atoms with E-state index >= 15 is 0 Å². The first-order valence-electron chi connectivity index (χ1n) is 11.2. The Bertz CT molecular complexity index is 686. The highest BCUT2D eigenvalue weighted by atomic mass is 32.2. The fourth-order valence-corrected chi connectivity index (χ4v) is 8.22. The second kappa shape index (κ2) is 7.66. The molecule has 1 N–H and O–H groups in total. The van der Waals surface area contributed by atoms with Gasteiger partial charge in [-0.2, -0.15) is 8.42 Å². The summed E-state index contributed by atoms with van der Waals surface area (Å²) in [7, 11) is -3.84. The minimum Gasteiger partial charge on any atom is -0.378 e. The van der Waals surface area contributed by atoms with Gasteiger partial charge < -0.3 is 4.74 Å². The van der Waals surface area contributed by atoms with Crippen LogP contribution in [0.15, 0.2) is 0 Å². The lowest BCUT2D eigenvalue weighted by Crippen LogP contribution is -2.53. The number of hydrogen-bond acceptors (Lipinski definition) is 4. The van der Waals surface area contributed by atoms with Crippen LogP contribution in [0.4, 0.5) is 0 Å². The van der Waals surface area contributed by atoms with Crippen LogP contribution in [0.5, 0.6) is 0 Å². The Morgan fingerprint density at radius 2 is 1.71 bits per heavy atom. The molecule has 0 aromatic rings. The van der Waals surface area contributed by atoms with Gasteiger partial charge in [-0.05, 0) is 100 Å². The van der Waals surface area contributed by atoms with Crippen LogP contribution in [0.25, 0.3) is 0 Å². The predicted molar refractivity (Wildman–Crippen MR) is 108 cm³/mol. The smallest absolute Gasteiger partial charge is 0.264 e. The summed E-state index contributed by atoms with van der Waals surface area (Å²) >= 11 is 0. The Labute approximate surface area is 169 Å². The molecule has 160 valence electrons. The monoisotopic (exact) mass is 412 g/mol. The number of ether oxygens (including phenoxy) is 1. The lowest BCUT2D eigenvalue weighted by atomic mass is 9.43. The van der Waals surface area contributed by atoms with Crippen molar-refractivity contribution in [2.45, 2.75) is 90.1 Å². The topological polar surface area (TPSA) is 80.7 Å². The third kappa shape index (κ3) is 4.65. The summed E-state index contributed by atoms with van der Waals surface area (Å²) in [6.45, 7) is 2.56. The Morgan fingerprint density at radius 1 is 1.04 bits per heavy atom. The zero-order chi connectivity index (χ0) is 20.0. The Hall–Kier alpha value is -0.460. The first-order valence-corrected chi connectivity index (χ1v) is 12.8. The number of unbranched alkanes of at least 4 members (excludes halogenated alkanes) is 1. The third-order valence-corrected chi connectivity index (χ3v) is 9.05. The van der Waals surface area contributed by atoms with Crippen LogP contribution >= 0.6 is 0 Å². The Balaban J connectivity index is 1.34. The van der Waals surface area contributed by atoms with Gasteiger partial charge in [-0.15, -0.1) is 0 Å². The predicted octanol–water partition coefficient (Wildman–Crippen LogP) is 4.41. The van der Waals surface area contributed by atoms with E-state index in [-0.39, 0.29) is 17.8 Å². The molecule has 0 aromatic heterocycles. The molecule has 0 radical (unpaired) electrons. The van der Waals surface area contributed by atoms with Crippen LogP contribution in [0.1, 0.15) is 84.0 Å². The van der Waals surface area contributed by atoms with Gasteiger partial charge in [-0.1, -0.05) is 6.42 Å². The number of rotatable bonds is 9. The van der Waals surface area contributed by atoms with Crippen molar-refractivity contribution in [3.63, 3.8) is 0 Å². The standard InChI is InChI=1S/C22H36O5S/c1-16(23)19-4-5-20(9-19)27-15-22-12-17-8-18(13-22)11-21(10-17,14-22)6-2-3-7-28(24,25)26/h17-20H,2-15H2,1H3,(H,24,25,26). The summed E-state index contributed by atoms with van der Waals surface area (Å²) in [5, 5.41) is 0. The summed E-state index contributed by atoms with van der Waals surface area (Å²) in [6, 6.07) is 0. The Kier molecular flexibility index (Phi) is 5.69. The van der Waals surface area contributed by atoms with Gasteiger partial charge in [0.05, 0.1) is 18.5 Å². The van der Waals surface area contributed by atoms with E-state index in [4.69, 9.17) is 9.29 Å². The molecule has 4 unspecified atom stereocenters. The van der Waals surface area contributed by atoms with Gasteiger partial charge in [0.2, 0.25) is 0 Å². The van der Waals surface area contributed by atoms with E-state index in [2.05, 4.69) is 0 Å². The van der Waals surface area contributed by atoms with Crippen molar-refractivity contribution in [2.24, 2.45) is 28.6 Å². The van der Waals surface area contributed by atoms with E-state index in [0.717, 1.165) is 50.5 Å². The van der Waals surface area contributed by atoms with E-state index in [0.29, 0.717) is 23.0 Å². The molecule has 5 nitrogen and oxygen atoms in total. The van der Waals surface area contributed by atoms with Crippen molar-refractivity contribution in [1.29, 1.82) is 0 Å². The molecular weight excluding hydrogens is 376 g/mol. The molecular formula is C22H36O5S. The molecule has 0 aliphatic heterocycles. The second-order valence-corrected chi connectivity index (χ2v) is 12.3. The maximum absolute atomic E-state index is 11.6.